The summed E-state index contributed by atoms with van der Waals surface area (Å²) < 4.78 is 2.42. The third-order valence-corrected chi connectivity index (χ3v) is 5.23. The van der Waals surface area contributed by atoms with Crippen LogP contribution in [0.1, 0.15) is 89.1 Å². The third-order valence-electron chi connectivity index (χ3n) is 5.02. The van der Waals surface area contributed by atoms with Crippen molar-refractivity contribution in [2.75, 3.05) is 0 Å². The molecule has 0 aromatic carbocycles. The highest BCUT2D eigenvalue weighted by atomic mass is 35.5. The van der Waals surface area contributed by atoms with Gasteiger partial charge in [0, 0.05) is 12.0 Å². The molecule has 0 saturated heterocycles. The van der Waals surface area contributed by atoms with Crippen LogP contribution < -0.4 is 0 Å². The van der Waals surface area contributed by atoms with Crippen molar-refractivity contribution in [3.8, 4) is 0 Å². The number of hydrogen-bond donors (Lipinski definition) is 0. The van der Waals surface area contributed by atoms with E-state index in [1.165, 1.54) is 37.9 Å². The SMILES string of the molecule is CC.CC(C)(c1cccc(Cl)n1)c1nnc(C2CC2)n1C1CCC1. The van der Waals surface area contributed by atoms with Crippen molar-refractivity contribution in [1.82, 2.24) is 19.7 Å². The fourth-order valence-electron chi connectivity index (χ4n) is 3.23. The fraction of sp³-hybridized carbons (Fsp3) is 0.632. The molecule has 24 heavy (non-hydrogen) atoms. The Morgan fingerprint density at radius 2 is 1.79 bits per heavy atom. The molecule has 130 valence electrons. The molecule has 0 unspecified atom stereocenters. The molecule has 2 saturated carbocycles. The van der Waals surface area contributed by atoms with Gasteiger partial charge in [-0.05, 0) is 58.1 Å². The molecular weight excluding hydrogens is 320 g/mol. The minimum atomic E-state index is -0.291. The normalized spacial score (nSPS) is 17.9. The van der Waals surface area contributed by atoms with E-state index in [1.54, 1.807) is 0 Å². The second kappa shape index (κ2) is 6.83. The quantitative estimate of drug-likeness (QED) is 0.707. The Balaban J connectivity index is 0.000000815. The number of aromatic nitrogens is 4. The van der Waals surface area contributed by atoms with Gasteiger partial charge in [-0.2, -0.15) is 0 Å². The van der Waals surface area contributed by atoms with Gasteiger partial charge >= 0.3 is 0 Å². The van der Waals surface area contributed by atoms with E-state index in [0.717, 1.165) is 11.5 Å². The van der Waals surface area contributed by atoms with Crippen LogP contribution in [-0.2, 0) is 5.41 Å². The molecule has 0 aliphatic heterocycles. The second-order valence-electron chi connectivity index (χ2n) is 7.08. The summed E-state index contributed by atoms with van der Waals surface area (Å²) in [5, 5.41) is 9.67. The molecule has 0 radical (unpaired) electrons. The van der Waals surface area contributed by atoms with Crippen molar-refractivity contribution in [1.29, 1.82) is 0 Å². The number of halogens is 1. The summed E-state index contributed by atoms with van der Waals surface area (Å²) in [6.45, 7) is 8.34. The van der Waals surface area contributed by atoms with Crippen LogP contribution in [0.3, 0.4) is 0 Å². The van der Waals surface area contributed by atoms with E-state index in [4.69, 9.17) is 11.6 Å². The maximum atomic E-state index is 6.09. The largest absolute Gasteiger partial charge is 0.311 e. The highest BCUT2D eigenvalue weighted by molar-refractivity contribution is 6.29. The second-order valence-corrected chi connectivity index (χ2v) is 7.47. The summed E-state index contributed by atoms with van der Waals surface area (Å²) in [6, 6.07) is 6.37. The van der Waals surface area contributed by atoms with Crippen LogP contribution in [-0.4, -0.2) is 19.7 Å². The molecule has 2 fully saturated rings. The van der Waals surface area contributed by atoms with Gasteiger partial charge in [-0.1, -0.05) is 31.5 Å². The molecule has 2 aliphatic rings. The lowest BCUT2D eigenvalue weighted by Crippen LogP contribution is -2.30. The Morgan fingerprint density at radius 1 is 1.08 bits per heavy atom. The van der Waals surface area contributed by atoms with Crippen LogP contribution >= 0.6 is 11.6 Å². The molecule has 4 rings (SSSR count). The van der Waals surface area contributed by atoms with Gasteiger partial charge < -0.3 is 4.57 Å². The maximum absolute atomic E-state index is 6.09. The van der Waals surface area contributed by atoms with Crippen molar-refractivity contribution in [3.63, 3.8) is 0 Å². The lowest BCUT2D eigenvalue weighted by Gasteiger charge is -2.33. The number of rotatable bonds is 4. The van der Waals surface area contributed by atoms with E-state index in [9.17, 15) is 0 Å². The van der Waals surface area contributed by atoms with E-state index < -0.39 is 0 Å². The predicted octanol–water partition coefficient (Wildman–Crippen LogP) is 5.28. The zero-order valence-electron chi connectivity index (χ0n) is 15.1. The van der Waals surface area contributed by atoms with E-state index in [2.05, 4.69) is 33.6 Å². The molecule has 2 aliphatic carbocycles. The highest BCUT2D eigenvalue weighted by Gasteiger charge is 2.39. The first-order valence-corrected chi connectivity index (χ1v) is 9.53. The Bertz CT molecular complexity index is 699. The summed E-state index contributed by atoms with van der Waals surface area (Å²) >= 11 is 6.09. The minimum Gasteiger partial charge on any atom is -0.311 e. The molecule has 0 amide bonds. The van der Waals surface area contributed by atoms with Gasteiger partial charge in [0.25, 0.3) is 0 Å². The summed E-state index contributed by atoms with van der Waals surface area (Å²) in [6.07, 6.45) is 6.29. The Morgan fingerprint density at radius 3 is 2.33 bits per heavy atom. The highest BCUT2D eigenvalue weighted by Crippen LogP contribution is 2.45. The van der Waals surface area contributed by atoms with E-state index in [-0.39, 0.29) is 5.41 Å². The van der Waals surface area contributed by atoms with Crippen LogP contribution in [0.25, 0.3) is 0 Å². The molecule has 4 nitrogen and oxygen atoms in total. The van der Waals surface area contributed by atoms with E-state index >= 15 is 0 Å². The maximum Gasteiger partial charge on any atom is 0.145 e. The van der Waals surface area contributed by atoms with Gasteiger partial charge in [0.15, 0.2) is 0 Å². The molecule has 0 N–H and O–H groups in total. The standard InChI is InChI=1S/C17H21ClN4.C2H6/c1-17(2,13-7-4-8-14(18)19-13)16-21-20-15(11-9-10-11)22(16)12-5-3-6-12;1-2/h4,7-8,11-12H,3,5-6,9-10H2,1-2H3;1-2H3. The van der Waals surface area contributed by atoms with Crippen molar-refractivity contribution in [2.24, 2.45) is 0 Å². The van der Waals surface area contributed by atoms with Gasteiger partial charge in [0.1, 0.15) is 16.8 Å². The first-order chi connectivity index (χ1) is 11.6. The molecule has 5 heteroatoms. The van der Waals surface area contributed by atoms with Gasteiger partial charge in [0.05, 0.1) is 11.1 Å². The lowest BCUT2D eigenvalue weighted by molar-refractivity contribution is 0.289. The Labute approximate surface area is 149 Å². The monoisotopic (exact) mass is 346 g/mol. The number of pyridine rings is 1. The first-order valence-electron chi connectivity index (χ1n) is 9.15. The van der Waals surface area contributed by atoms with Crippen LogP contribution in [0.2, 0.25) is 5.15 Å². The van der Waals surface area contributed by atoms with Gasteiger partial charge in [-0.25, -0.2) is 4.98 Å². The molecule has 2 aromatic heterocycles. The van der Waals surface area contributed by atoms with Crippen molar-refractivity contribution >= 4 is 11.6 Å². The number of nitrogens with zero attached hydrogens (tertiary/aromatic N) is 4. The van der Waals surface area contributed by atoms with Gasteiger partial charge in [-0.15, -0.1) is 10.2 Å². The zero-order valence-corrected chi connectivity index (χ0v) is 15.8. The molecule has 2 aromatic rings. The fourth-order valence-corrected chi connectivity index (χ4v) is 3.39. The summed E-state index contributed by atoms with van der Waals surface area (Å²) in [5.41, 5.74) is 0.663. The smallest absolute Gasteiger partial charge is 0.145 e. The van der Waals surface area contributed by atoms with Crippen LogP contribution in [0.4, 0.5) is 0 Å². The Hall–Kier alpha value is -1.42. The predicted molar refractivity (Wildman–Crippen MR) is 97.6 cm³/mol. The molecule has 0 bridgehead atoms. The van der Waals surface area contributed by atoms with Crippen molar-refractivity contribution < 1.29 is 0 Å². The molecule has 0 spiro atoms. The van der Waals surface area contributed by atoms with E-state index in [1.807, 2.05) is 32.0 Å². The van der Waals surface area contributed by atoms with Crippen LogP contribution in [0.15, 0.2) is 18.2 Å². The summed E-state index contributed by atoms with van der Waals surface area (Å²) in [4.78, 5) is 4.52. The topological polar surface area (TPSA) is 43.6 Å². The van der Waals surface area contributed by atoms with E-state index in [0.29, 0.717) is 17.1 Å². The molecule has 0 atom stereocenters. The lowest BCUT2D eigenvalue weighted by atomic mass is 9.85. The van der Waals surface area contributed by atoms with Crippen molar-refractivity contribution in [2.45, 2.75) is 77.2 Å². The zero-order chi connectivity index (χ0) is 17.3. The van der Waals surface area contributed by atoms with Gasteiger partial charge in [-0.3, -0.25) is 0 Å². The molecular formula is C19H27ClN4. The number of hydrogen-bond acceptors (Lipinski definition) is 3. The average molecular weight is 347 g/mol. The average Bonchev–Trinajstić information content (AvgIpc) is 3.28. The summed E-state index contributed by atoms with van der Waals surface area (Å²) in [7, 11) is 0. The van der Waals surface area contributed by atoms with Crippen LogP contribution in [0, 0.1) is 0 Å². The minimum absolute atomic E-state index is 0.291. The van der Waals surface area contributed by atoms with Crippen molar-refractivity contribution in [3.05, 3.63) is 40.7 Å². The third kappa shape index (κ3) is 3.08. The Kier molecular flexibility index (Phi) is 4.95. The van der Waals surface area contributed by atoms with Gasteiger partial charge in [0.2, 0.25) is 0 Å². The first kappa shape index (κ1) is 17.4. The molecule has 2 heterocycles. The summed E-state index contributed by atoms with van der Waals surface area (Å²) in [5.74, 6) is 2.84. The van der Waals surface area contributed by atoms with Crippen LogP contribution in [0.5, 0.6) is 0 Å².